The molecule has 1 heteroatoms. The molecule has 0 saturated heterocycles. The zero-order valence-corrected chi connectivity index (χ0v) is 25.8. The highest BCUT2D eigenvalue weighted by molar-refractivity contribution is 6.33. The van der Waals surface area contributed by atoms with Crippen LogP contribution < -0.4 is 0 Å². The van der Waals surface area contributed by atoms with Gasteiger partial charge < -0.3 is 0 Å². The van der Waals surface area contributed by atoms with Gasteiger partial charge in [0.2, 0.25) is 0 Å². The first-order chi connectivity index (χ1) is 18.5. The van der Waals surface area contributed by atoms with Gasteiger partial charge in [0, 0.05) is 11.0 Å². The van der Waals surface area contributed by atoms with Crippen LogP contribution in [0.4, 0.5) is 0 Å². The van der Waals surface area contributed by atoms with Crippen molar-refractivity contribution >= 4 is 17.7 Å². The first-order valence-corrected chi connectivity index (χ1v) is 15.1. The average molecular weight is 535 g/mol. The molecule has 5 aliphatic rings. The van der Waals surface area contributed by atoms with E-state index in [1.165, 1.54) is 72.4 Å². The maximum Gasteiger partial charge on any atom is 0.0470 e. The molecule has 1 atom stereocenters. The quantitative estimate of drug-likeness (QED) is 0.366. The summed E-state index contributed by atoms with van der Waals surface area (Å²) < 4.78 is 0. The van der Waals surface area contributed by atoms with Gasteiger partial charge in [-0.25, -0.2) is 0 Å². The van der Waals surface area contributed by atoms with E-state index in [4.69, 9.17) is 11.6 Å². The molecule has 5 aliphatic carbocycles. The number of hydrogen-bond acceptors (Lipinski definition) is 0. The lowest BCUT2D eigenvalue weighted by Gasteiger charge is -2.20. The van der Waals surface area contributed by atoms with Gasteiger partial charge in [0.25, 0.3) is 0 Å². The Morgan fingerprint density at radius 3 is 2.33 bits per heavy atom. The van der Waals surface area contributed by atoms with Crippen molar-refractivity contribution in [3.63, 3.8) is 0 Å². The third kappa shape index (κ3) is 5.33. The zero-order valence-electron chi connectivity index (χ0n) is 25.0. The van der Waals surface area contributed by atoms with Gasteiger partial charge in [-0.2, -0.15) is 0 Å². The highest BCUT2D eigenvalue weighted by Gasteiger charge is 2.29. The molecule has 0 amide bonds. The minimum Gasteiger partial charge on any atom is -0.0837 e. The van der Waals surface area contributed by atoms with Gasteiger partial charge in [-0.1, -0.05) is 99.5 Å². The SMILES string of the molecule is CC1=CC(=CC2=C(Cl)C(=Cc3cc(C)c4cc(C(C)C)ccc(C)c3-4)CCC2)C2C(C)=CC=C(C(C)C)C=C12. The van der Waals surface area contributed by atoms with Crippen LogP contribution in [-0.4, -0.2) is 0 Å². The lowest BCUT2D eigenvalue weighted by atomic mass is 9.85. The van der Waals surface area contributed by atoms with Crippen molar-refractivity contribution in [3.8, 4) is 11.1 Å². The number of fused-ring (bicyclic) bond motifs is 2. The summed E-state index contributed by atoms with van der Waals surface area (Å²) in [6.07, 6.45) is 17.4. The fourth-order valence-electron chi connectivity index (χ4n) is 6.47. The van der Waals surface area contributed by atoms with Gasteiger partial charge in [0.15, 0.2) is 0 Å². The molecule has 0 saturated carbocycles. The third-order valence-electron chi connectivity index (χ3n) is 8.85. The van der Waals surface area contributed by atoms with Crippen LogP contribution in [0.1, 0.15) is 89.0 Å². The van der Waals surface area contributed by atoms with Crippen molar-refractivity contribution < 1.29 is 0 Å². The van der Waals surface area contributed by atoms with Crippen LogP contribution in [0.15, 0.2) is 98.7 Å². The fourth-order valence-corrected chi connectivity index (χ4v) is 6.77. The average Bonchev–Trinajstić information content (AvgIpc) is 3.17. The van der Waals surface area contributed by atoms with Gasteiger partial charge in [0.1, 0.15) is 0 Å². The molecule has 0 aromatic carbocycles. The van der Waals surface area contributed by atoms with Crippen LogP contribution in [-0.2, 0) is 0 Å². The molecule has 0 aliphatic heterocycles. The predicted molar refractivity (Wildman–Crippen MR) is 171 cm³/mol. The molecule has 5 rings (SSSR count). The van der Waals surface area contributed by atoms with Crippen LogP contribution in [0.2, 0.25) is 0 Å². The lowest BCUT2D eigenvalue weighted by Crippen LogP contribution is -2.05. The number of allylic oxidation sites excluding steroid dienone is 13. The van der Waals surface area contributed by atoms with E-state index in [0.717, 1.165) is 24.3 Å². The molecule has 0 nitrogen and oxygen atoms in total. The second-order valence-electron chi connectivity index (χ2n) is 12.5. The summed E-state index contributed by atoms with van der Waals surface area (Å²) in [5.74, 6) is 1.34. The summed E-state index contributed by atoms with van der Waals surface area (Å²) in [5, 5.41) is 0.946. The van der Waals surface area contributed by atoms with Crippen molar-refractivity contribution in [2.45, 2.75) is 80.6 Å². The van der Waals surface area contributed by atoms with Crippen LogP contribution in [0.5, 0.6) is 0 Å². The van der Waals surface area contributed by atoms with E-state index in [2.05, 4.69) is 116 Å². The summed E-state index contributed by atoms with van der Waals surface area (Å²) in [6, 6.07) is 9.32. The smallest absolute Gasteiger partial charge is 0.0470 e. The van der Waals surface area contributed by atoms with E-state index in [1.807, 2.05) is 0 Å². The highest BCUT2D eigenvalue weighted by atomic mass is 35.5. The van der Waals surface area contributed by atoms with Crippen LogP contribution >= 0.6 is 11.6 Å². The fraction of sp³-hybridized carbons (Fsp3) is 0.368. The van der Waals surface area contributed by atoms with Crippen LogP contribution in [0.3, 0.4) is 0 Å². The van der Waals surface area contributed by atoms with E-state index >= 15 is 0 Å². The summed E-state index contributed by atoms with van der Waals surface area (Å²) in [6.45, 7) is 18.1. The molecule has 0 heterocycles. The number of aryl methyl sites for hydroxylation is 2. The Balaban J connectivity index is 1.55. The lowest BCUT2D eigenvalue weighted by molar-refractivity contribution is 0.786. The highest BCUT2D eigenvalue weighted by Crippen LogP contribution is 2.45. The summed E-state index contributed by atoms with van der Waals surface area (Å²) in [5.41, 5.74) is 17.6. The van der Waals surface area contributed by atoms with E-state index < -0.39 is 0 Å². The Hall–Kier alpha value is -2.83. The number of rotatable bonds is 4. The monoisotopic (exact) mass is 534 g/mol. The molecule has 0 bridgehead atoms. The number of halogens is 1. The van der Waals surface area contributed by atoms with E-state index in [1.54, 1.807) is 0 Å². The second-order valence-corrected chi connectivity index (χ2v) is 12.9. The molecule has 202 valence electrons. The van der Waals surface area contributed by atoms with Crippen molar-refractivity contribution in [1.29, 1.82) is 0 Å². The molecule has 0 aromatic rings. The first-order valence-electron chi connectivity index (χ1n) is 14.7. The van der Waals surface area contributed by atoms with Gasteiger partial charge >= 0.3 is 0 Å². The molecule has 39 heavy (non-hydrogen) atoms. The van der Waals surface area contributed by atoms with Crippen molar-refractivity contribution in [3.05, 3.63) is 121 Å². The Morgan fingerprint density at radius 2 is 1.62 bits per heavy atom. The summed E-state index contributed by atoms with van der Waals surface area (Å²) in [7, 11) is 0. The molecular weight excluding hydrogens is 492 g/mol. The van der Waals surface area contributed by atoms with Crippen molar-refractivity contribution in [2.24, 2.45) is 11.8 Å². The first kappa shape index (κ1) is 27.7. The van der Waals surface area contributed by atoms with Gasteiger partial charge in [-0.15, -0.1) is 0 Å². The molecule has 0 fully saturated rings. The summed E-state index contributed by atoms with van der Waals surface area (Å²) in [4.78, 5) is 0. The topological polar surface area (TPSA) is 0 Å². The molecular formula is C38H43Cl. The normalized spacial score (nSPS) is 22.0. The molecule has 0 aromatic heterocycles. The third-order valence-corrected chi connectivity index (χ3v) is 9.33. The van der Waals surface area contributed by atoms with Crippen LogP contribution in [0.25, 0.3) is 17.2 Å². The largest absolute Gasteiger partial charge is 0.0837 e. The Morgan fingerprint density at radius 1 is 0.846 bits per heavy atom. The number of hydrogen-bond donors (Lipinski definition) is 0. The second kappa shape index (κ2) is 11.0. The summed E-state index contributed by atoms with van der Waals surface area (Å²) >= 11 is 7.22. The van der Waals surface area contributed by atoms with Crippen LogP contribution in [0, 0.1) is 25.7 Å². The van der Waals surface area contributed by atoms with E-state index in [0.29, 0.717) is 17.8 Å². The van der Waals surface area contributed by atoms with Gasteiger partial charge in [-0.05, 0) is 132 Å². The molecule has 0 N–H and O–H groups in total. The maximum absolute atomic E-state index is 7.22. The van der Waals surface area contributed by atoms with E-state index in [9.17, 15) is 0 Å². The van der Waals surface area contributed by atoms with Gasteiger partial charge in [0.05, 0.1) is 0 Å². The predicted octanol–water partition coefficient (Wildman–Crippen LogP) is 11.6. The van der Waals surface area contributed by atoms with Gasteiger partial charge in [-0.3, -0.25) is 0 Å². The standard InChI is InChI=1S/C38H43Cl/c1-22(2)28-14-12-24(5)36-32(16-26(7)34(36)20-28)18-30-10-9-11-31(38(30)39)19-33-17-27(8)35-21-29(23(3)4)15-13-25(6)37(33)35/h12-23,36H,9-11H2,1-8H3. The van der Waals surface area contributed by atoms with E-state index in [-0.39, 0.29) is 0 Å². The van der Waals surface area contributed by atoms with Crippen molar-refractivity contribution in [2.75, 3.05) is 0 Å². The Bertz CT molecular complexity index is 1510. The zero-order chi connectivity index (χ0) is 28.0. The molecule has 1 unspecified atom stereocenters. The minimum atomic E-state index is 0.322. The minimum absolute atomic E-state index is 0.322. The maximum atomic E-state index is 7.22. The Kier molecular flexibility index (Phi) is 7.80. The molecule has 0 spiro atoms. The molecule has 0 radical (unpaired) electrons. The van der Waals surface area contributed by atoms with Crippen molar-refractivity contribution in [1.82, 2.24) is 0 Å². The Labute approximate surface area is 241 Å².